The first-order chi connectivity index (χ1) is 18.8. The number of nitrogens with one attached hydrogen (secondary N) is 3. The van der Waals surface area contributed by atoms with Crippen LogP contribution in [0.4, 0.5) is 5.69 Å². The highest BCUT2D eigenvalue weighted by Gasteiger charge is 2.44. The number of allylic oxidation sites excluding steroid dienone is 2. The van der Waals surface area contributed by atoms with E-state index in [0.717, 1.165) is 21.9 Å². The topological polar surface area (TPSA) is 120 Å². The molecule has 3 aliphatic heterocycles. The average molecular weight is 550 g/mol. The van der Waals surface area contributed by atoms with Crippen molar-refractivity contribution in [1.29, 1.82) is 0 Å². The largest absolute Gasteiger partial charge is 0.348 e. The number of aliphatic imine (C=N–C) groups is 1. The van der Waals surface area contributed by atoms with Gasteiger partial charge >= 0.3 is 0 Å². The lowest BCUT2D eigenvalue weighted by Gasteiger charge is -2.29. The Balaban J connectivity index is 1.32. The second kappa shape index (κ2) is 11.4. The van der Waals surface area contributed by atoms with Gasteiger partial charge in [-0.15, -0.1) is 0 Å². The summed E-state index contributed by atoms with van der Waals surface area (Å²) in [4.78, 5) is 58.8. The highest BCUT2D eigenvalue weighted by Crippen LogP contribution is 2.39. The minimum atomic E-state index is -0.803. The Labute approximate surface area is 232 Å². The zero-order valence-electron chi connectivity index (χ0n) is 22.5. The highest BCUT2D eigenvalue weighted by molar-refractivity contribution is 8.15. The van der Waals surface area contributed by atoms with Crippen LogP contribution in [0.15, 0.2) is 47.5 Å². The second-order valence-corrected chi connectivity index (χ2v) is 11.9. The Kier molecular flexibility index (Phi) is 7.93. The summed E-state index contributed by atoms with van der Waals surface area (Å²) < 4.78 is 0. The van der Waals surface area contributed by atoms with Gasteiger partial charge in [0.2, 0.25) is 23.6 Å². The van der Waals surface area contributed by atoms with Gasteiger partial charge < -0.3 is 16.0 Å². The fourth-order valence-corrected chi connectivity index (χ4v) is 6.79. The summed E-state index contributed by atoms with van der Waals surface area (Å²) in [5, 5.41) is 9.77. The van der Waals surface area contributed by atoms with Crippen molar-refractivity contribution < 1.29 is 19.2 Å². The molecule has 3 N–H and O–H groups in total. The minimum absolute atomic E-state index is 0.0958. The van der Waals surface area contributed by atoms with Crippen LogP contribution in [0.3, 0.4) is 0 Å². The van der Waals surface area contributed by atoms with Crippen molar-refractivity contribution in [3.05, 3.63) is 53.6 Å². The number of hydrogen-bond donors (Lipinski definition) is 3. The third kappa shape index (κ3) is 5.52. The standard InChI is InChI=1S/C29H35N5O4S/c1-4-16(2)25(31-17(3)35)28(37)33-21-13-12-18-8-7-9-19-14-22(34(26(18)19)29(21)38)27(36)30-15-24-32-20-10-5-6-11-23(20)39-24/h5-11,16,20-23,25H,4,12-15H2,1-3H3,(H,30,36)(H,31,35)(H,33,37)/t16-,20?,21-,22-,23?,25-/m0/s1. The third-order valence-electron chi connectivity index (χ3n) is 7.92. The van der Waals surface area contributed by atoms with E-state index in [0.29, 0.717) is 32.2 Å². The summed E-state index contributed by atoms with van der Waals surface area (Å²) in [6.07, 6.45) is 10.3. The molecule has 1 aromatic carbocycles. The van der Waals surface area contributed by atoms with Crippen LogP contribution in [0, 0.1) is 5.92 Å². The molecule has 0 saturated carbocycles. The molecular formula is C29H35N5O4S. The van der Waals surface area contributed by atoms with Crippen molar-refractivity contribution in [2.45, 2.75) is 75.9 Å². The van der Waals surface area contributed by atoms with Crippen LogP contribution in [0.2, 0.25) is 0 Å². The number of carbonyl (C=O) groups excluding carboxylic acids is 4. The molecule has 1 aliphatic carbocycles. The van der Waals surface area contributed by atoms with E-state index >= 15 is 0 Å². The molecule has 4 amide bonds. The van der Waals surface area contributed by atoms with Crippen molar-refractivity contribution in [2.75, 3.05) is 11.4 Å². The van der Waals surface area contributed by atoms with E-state index in [1.165, 1.54) is 6.92 Å². The molecule has 0 bridgehead atoms. The van der Waals surface area contributed by atoms with Crippen LogP contribution in [-0.2, 0) is 32.0 Å². The summed E-state index contributed by atoms with van der Waals surface area (Å²) in [5.41, 5.74) is 2.73. The number of hydrogen-bond acceptors (Lipinski definition) is 6. The van der Waals surface area contributed by atoms with Gasteiger partial charge in [0.05, 0.1) is 28.6 Å². The molecule has 10 heteroatoms. The Hall–Kier alpha value is -3.40. The maximum absolute atomic E-state index is 13.9. The maximum Gasteiger partial charge on any atom is 0.250 e. The Bertz CT molecular complexity index is 1270. The van der Waals surface area contributed by atoms with Crippen LogP contribution in [0.1, 0.15) is 44.7 Å². The summed E-state index contributed by atoms with van der Waals surface area (Å²) in [6.45, 7) is 5.54. The smallest absolute Gasteiger partial charge is 0.250 e. The van der Waals surface area contributed by atoms with Crippen LogP contribution in [-0.4, -0.2) is 64.6 Å². The molecule has 0 aromatic heterocycles. The van der Waals surface area contributed by atoms with E-state index < -0.39 is 18.1 Å². The van der Waals surface area contributed by atoms with E-state index in [1.54, 1.807) is 16.7 Å². The van der Waals surface area contributed by atoms with Crippen molar-refractivity contribution >= 4 is 46.1 Å². The molecule has 9 nitrogen and oxygen atoms in total. The molecule has 3 heterocycles. The van der Waals surface area contributed by atoms with Crippen molar-refractivity contribution in [1.82, 2.24) is 16.0 Å². The number of benzene rings is 1. The van der Waals surface area contributed by atoms with E-state index in [1.807, 2.05) is 44.2 Å². The van der Waals surface area contributed by atoms with Gasteiger partial charge in [0.25, 0.3) is 0 Å². The number of aryl methyl sites for hydroxylation is 1. The molecule has 5 rings (SSSR count). The number of thioether (sulfide) groups is 1. The maximum atomic E-state index is 13.9. The second-order valence-electron chi connectivity index (χ2n) is 10.6. The van der Waals surface area contributed by atoms with E-state index in [4.69, 9.17) is 4.99 Å². The number of para-hydroxylation sites is 1. The molecule has 1 aromatic rings. The van der Waals surface area contributed by atoms with E-state index in [-0.39, 0.29) is 40.8 Å². The minimum Gasteiger partial charge on any atom is -0.348 e. The summed E-state index contributed by atoms with van der Waals surface area (Å²) >= 11 is 1.65. The molecule has 6 atom stereocenters. The van der Waals surface area contributed by atoms with Gasteiger partial charge in [-0.3, -0.25) is 29.1 Å². The van der Waals surface area contributed by atoms with Crippen LogP contribution < -0.4 is 20.9 Å². The predicted molar refractivity (Wildman–Crippen MR) is 153 cm³/mol. The molecule has 2 unspecified atom stereocenters. The zero-order valence-corrected chi connectivity index (χ0v) is 23.3. The van der Waals surface area contributed by atoms with Gasteiger partial charge in [0.15, 0.2) is 0 Å². The fourth-order valence-electron chi connectivity index (χ4n) is 5.68. The molecule has 206 valence electrons. The predicted octanol–water partition coefficient (Wildman–Crippen LogP) is 2.05. The van der Waals surface area contributed by atoms with Gasteiger partial charge in [0.1, 0.15) is 18.1 Å². The Morgan fingerprint density at radius 3 is 2.69 bits per heavy atom. The number of rotatable bonds is 8. The lowest BCUT2D eigenvalue weighted by atomic mass is 9.97. The van der Waals surface area contributed by atoms with Crippen LogP contribution >= 0.6 is 11.8 Å². The zero-order chi connectivity index (χ0) is 27.7. The van der Waals surface area contributed by atoms with Crippen molar-refractivity contribution in [3.8, 4) is 0 Å². The van der Waals surface area contributed by atoms with Gasteiger partial charge in [-0.05, 0) is 29.9 Å². The van der Waals surface area contributed by atoms with Crippen LogP contribution in [0.25, 0.3) is 0 Å². The number of fused-ring (bicyclic) bond motifs is 1. The first-order valence-corrected chi connectivity index (χ1v) is 14.5. The molecular weight excluding hydrogens is 514 g/mol. The van der Waals surface area contributed by atoms with Gasteiger partial charge in [-0.25, -0.2) is 0 Å². The van der Waals surface area contributed by atoms with Gasteiger partial charge in [0, 0.05) is 13.3 Å². The average Bonchev–Trinajstić information content (AvgIpc) is 3.49. The van der Waals surface area contributed by atoms with Crippen LogP contribution in [0.5, 0.6) is 0 Å². The lowest BCUT2D eigenvalue weighted by molar-refractivity contribution is -0.132. The van der Waals surface area contributed by atoms with Gasteiger partial charge in [-0.1, -0.05) is 74.5 Å². The number of anilines is 1. The third-order valence-corrected chi connectivity index (χ3v) is 9.15. The molecule has 0 fully saturated rings. The Morgan fingerprint density at radius 2 is 1.95 bits per heavy atom. The lowest BCUT2D eigenvalue weighted by Crippen LogP contribution is -2.58. The molecule has 0 spiro atoms. The number of amides is 4. The normalized spacial score (nSPS) is 26.2. The summed E-state index contributed by atoms with van der Waals surface area (Å²) in [6, 6.07) is 3.74. The summed E-state index contributed by atoms with van der Waals surface area (Å²) in [7, 11) is 0. The van der Waals surface area contributed by atoms with E-state index in [2.05, 4.69) is 28.1 Å². The molecule has 0 radical (unpaired) electrons. The van der Waals surface area contributed by atoms with Gasteiger partial charge in [-0.2, -0.15) is 0 Å². The monoisotopic (exact) mass is 549 g/mol. The fraction of sp³-hybridized carbons (Fsp3) is 0.483. The quantitative estimate of drug-likeness (QED) is 0.459. The molecule has 0 saturated heterocycles. The van der Waals surface area contributed by atoms with Crippen molar-refractivity contribution in [2.24, 2.45) is 10.9 Å². The molecule has 39 heavy (non-hydrogen) atoms. The number of nitrogens with zero attached hydrogens (tertiary/aromatic N) is 2. The first-order valence-electron chi connectivity index (χ1n) is 13.6. The van der Waals surface area contributed by atoms with E-state index in [9.17, 15) is 19.2 Å². The SMILES string of the molecule is CC[C@H](C)[C@H](NC(C)=O)C(=O)N[C@H]1CCc2cccc3c2N(C1=O)[C@H](C(=O)NCC1=NC2C=CC=CC2S1)C3. The Morgan fingerprint density at radius 1 is 1.18 bits per heavy atom. The number of carbonyl (C=O) groups is 4. The van der Waals surface area contributed by atoms with Crippen molar-refractivity contribution in [3.63, 3.8) is 0 Å². The summed E-state index contributed by atoms with van der Waals surface area (Å²) in [5.74, 6) is -1.32. The first kappa shape index (κ1) is 27.2. The highest BCUT2D eigenvalue weighted by atomic mass is 32.2. The molecule has 4 aliphatic rings.